The number of nitrogens with zero attached hydrogens (tertiary/aromatic N) is 3. The van der Waals surface area contributed by atoms with Crippen LogP contribution in [0.1, 0.15) is 6.92 Å². The average molecular weight is 227 g/mol. The van der Waals surface area contributed by atoms with Crippen LogP contribution in [-0.4, -0.2) is 31.9 Å². The molecule has 0 aliphatic heterocycles. The number of hydrogen-bond acceptors (Lipinski definition) is 3. The number of aliphatic hydroxyl groups is 1. The van der Waals surface area contributed by atoms with E-state index in [-0.39, 0.29) is 6.54 Å². The number of hydrogen-bond donors (Lipinski definition) is 1. The van der Waals surface area contributed by atoms with E-state index in [0.717, 1.165) is 6.92 Å². The zero-order valence-electron chi connectivity index (χ0n) is 8.64. The van der Waals surface area contributed by atoms with Gasteiger partial charge in [0.15, 0.2) is 0 Å². The van der Waals surface area contributed by atoms with Gasteiger partial charge in [-0.25, -0.2) is 8.78 Å². The molecule has 86 valence electrons. The van der Waals surface area contributed by atoms with E-state index in [2.05, 4.69) is 10.1 Å². The van der Waals surface area contributed by atoms with Gasteiger partial charge >= 0.3 is 0 Å². The largest absolute Gasteiger partial charge is 0.382 e. The number of aromatic nitrogens is 3. The first-order chi connectivity index (χ1) is 7.50. The van der Waals surface area contributed by atoms with Gasteiger partial charge in [0, 0.05) is 6.20 Å². The maximum Gasteiger partial charge on any atom is 0.268 e. The molecule has 1 N–H and O–H groups in total. The highest BCUT2D eigenvalue weighted by Gasteiger charge is 2.33. The summed E-state index contributed by atoms with van der Waals surface area (Å²) in [5.74, 6) is 0. The van der Waals surface area contributed by atoms with E-state index in [0.29, 0.717) is 11.0 Å². The van der Waals surface area contributed by atoms with E-state index in [1.165, 1.54) is 10.9 Å². The Morgan fingerprint density at radius 2 is 2.31 bits per heavy atom. The smallest absolute Gasteiger partial charge is 0.268 e. The van der Waals surface area contributed by atoms with Crippen molar-refractivity contribution in [1.82, 2.24) is 14.8 Å². The number of rotatable bonds is 3. The summed E-state index contributed by atoms with van der Waals surface area (Å²) in [5.41, 5.74) is -0.842. The molecule has 0 amide bonds. The molecule has 0 radical (unpaired) electrons. The SMILES string of the molecule is CC(O)(Cn1ncc2ncccc21)C(F)F. The van der Waals surface area contributed by atoms with Crippen molar-refractivity contribution >= 4 is 11.0 Å². The van der Waals surface area contributed by atoms with Gasteiger partial charge in [-0.1, -0.05) is 0 Å². The summed E-state index contributed by atoms with van der Waals surface area (Å²) in [5, 5.41) is 13.4. The van der Waals surface area contributed by atoms with Gasteiger partial charge in [-0.3, -0.25) is 9.67 Å². The molecule has 0 bridgehead atoms. The van der Waals surface area contributed by atoms with Crippen LogP contribution in [0.3, 0.4) is 0 Å². The van der Waals surface area contributed by atoms with Crippen LogP contribution in [0, 0.1) is 0 Å². The molecular weight excluding hydrogens is 216 g/mol. The summed E-state index contributed by atoms with van der Waals surface area (Å²) in [4.78, 5) is 4.02. The van der Waals surface area contributed by atoms with E-state index in [1.807, 2.05) is 0 Å². The van der Waals surface area contributed by atoms with Crippen LogP contribution in [-0.2, 0) is 6.54 Å². The first-order valence-corrected chi connectivity index (χ1v) is 4.78. The number of pyridine rings is 1. The summed E-state index contributed by atoms with van der Waals surface area (Å²) in [6.07, 6.45) is 0.264. The second-order valence-corrected chi connectivity index (χ2v) is 3.87. The lowest BCUT2D eigenvalue weighted by atomic mass is 10.1. The normalized spacial score (nSPS) is 15.6. The third-order valence-corrected chi connectivity index (χ3v) is 2.35. The monoisotopic (exact) mass is 227 g/mol. The number of fused-ring (bicyclic) bond motifs is 1. The first kappa shape index (κ1) is 10.9. The molecule has 0 aliphatic rings. The van der Waals surface area contributed by atoms with Crippen molar-refractivity contribution in [3.05, 3.63) is 24.5 Å². The third-order valence-electron chi connectivity index (χ3n) is 2.35. The fraction of sp³-hybridized carbons (Fsp3) is 0.400. The number of alkyl halides is 2. The molecule has 2 aromatic rings. The Hall–Kier alpha value is -1.56. The Labute approximate surface area is 90.5 Å². The number of halogens is 2. The van der Waals surface area contributed by atoms with E-state index in [9.17, 15) is 13.9 Å². The topological polar surface area (TPSA) is 50.9 Å². The molecule has 0 fully saturated rings. The van der Waals surface area contributed by atoms with E-state index >= 15 is 0 Å². The van der Waals surface area contributed by atoms with Crippen LogP contribution in [0.25, 0.3) is 11.0 Å². The molecule has 0 saturated carbocycles. The van der Waals surface area contributed by atoms with Gasteiger partial charge in [-0.15, -0.1) is 0 Å². The molecule has 16 heavy (non-hydrogen) atoms. The Morgan fingerprint density at radius 1 is 1.56 bits per heavy atom. The maximum absolute atomic E-state index is 12.5. The second-order valence-electron chi connectivity index (χ2n) is 3.87. The van der Waals surface area contributed by atoms with Crippen LogP contribution >= 0.6 is 0 Å². The van der Waals surface area contributed by atoms with Crippen LogP contribution < -0.4 is 0 Å². The molecule has 6 heteroatoms. The highest BCUT2D eigenvalue weighted by atomic mass is 19.3. The van der Waals surface area contributed by atoms with Crippen molar-refractivity contribution < 1.29 is 13.9 Å². The molecule has 0 saturated heterocycles. The molecule has 2 heterocycles. The standard InChI is InChI=1S/C10H11F2N3O/c1-10(16,9(11)12)6-15-8-3-2-4-13-7(8)5-14-15/h2-5,9,16H,6H2,1H3. The minimum absolute atomic E-state index is 0.264. The van der Waals surface area contributed by atoms with Gasteiger partial charge in [0.1, 0.15) is 11.1 Å². The highest BCUT2D eigenvalue weighted by Crippen LogP contribution is 2.19. The molecule has 2 rings (SSSR count). The van der Waals surface area contributed by atoms with Gasteiger partial charge in [-0.05, 0) is 19.1 Å². The highest BCUT2D eigenvalue weighted by molar-refractivity contribution is 5.73. The first-order valence-electron chi connectivity index (χ1n) is 4.78. The summed E-state index contributed by atoms with van der Waals surface area (Å²) in [6, 6.07) is 3.41. The van der Waals surface area contributed by atoms with Crippen molar-refractivity contribution in [2.45, 2.75) is 25.5 Å². The van der Waals surface area contributed by atoms with Crippen molar-refractivity contribution in [2.24, 2.45) is 0 Å². The van der Waals surface area contributed by atoms with E-state index < -0.39 is 12.0 Å². The molecule has 2 aromatic heterocycles. The molecule has 0 spiro atoms. The van der Waals surface area contributed by atoms with Gasteiger partial charge in [0.25, 0.3) is 6.43 Å². The summed E-state index contributed by atoms with van der Waals surface area (Å²) >= 11 is 0. The Bertz CT molecular complexity index is 496. The summed E-state index contributed by atoms with van der Waals surface area (Å²) < 4.78 is 26.3. The Morgan fingerprint density at radius 3 is 3.00 bits per heavy atom. The fourth-order valence-electron chi connectivity index (χ4n) is 1.41. The van der Waals surface area contributed by atoms with Gasteiger partial charge in [-0.2, -0.15) is 5.10 Å². The van der Waals surface area contributed by atoms with Crippen LogP contribution in [0.5, 0.6) is 0 Å². The van der Waals surface area contributed by atoms with Gasteiger partial charge in [0.2, 0.25) is 0 Å². The third kappa shape index (κ3) is 1.88. The lowest BCUT2D eigenvalue weighted by Gasteiger charge is -2.22. The van der Waals surface area contributed by atoms with Gasteiger partial charge < -0.3 is 5.11 Å². The van der Waals surface area contributed by atoms with Crippen LogP contribution in [0.4, 0.5) is 8.78 Å². The van der Waals surface area contributed by atoms with E-state index in [4.69, 9.17) is 0 Å². The van der Waals surface area contributed by atoms with Crippen molar-refractivity contribution in [3.63, 3.8) is 0 Å². The Balaban J connectivity index is 2.35. The lowest BCUT2D eigenvalue weighted by Crippen LogP contribution is -2.38. The fourth-order valence-corrected chi connectivity index (χ4v) is 1.41. The Kier molecular flexibility index (Phi) is 2.59. The van der Waals surface area contributed by atoms with Crippen LogP contribution in [0.2, 0.25) is 0 Å². The van der Waals surface area contributed by atoms with Crippen LogP contribution in [0.15, 0.2) is 24.5 Å². The molecule has 4 nitrogen and oxygen atoms in total. The average Bonchev–Trinajstić information content (AvgIpc) is 2.61. The molecule has 1 unspecified atom stereocenters. The maximum atomic E-state index is 12.5. The van der Waals surface area contributed by atoms with Gasteiger partial charge in [0.05, 0.1) is 18.3 Å². The quantitative estimate of drug-likeness (QED) is 0.863. The second kappa shape index (κ2) is 3.79. The van der Waals surface area contributed by atoms with E-state index in [1.54, 1.807) is 18.3 Å². The minimum Gasteiger partial charge on any atom is -0.382 e. The zero-order valence-corrected chi connectivity index (χ0v) is 8.64. The molecule has 1 atom stereocenters. The molecule has 0 aromatic carbocycles. The predicted molar refractivity (Wildman–Crippen MR) is 54.2 cm³/mol. The van der Waals surface area contributed by atoms with Crippen molar-refractivity contribution in [1.29, 1.82) is 0 Å². The molecule has 0 aliphatic carbocycles. The van der Waals surface area contributed by atoms with Crippen molar-refractivity contribution in [3.8, 4) is 0 Å². The lowest BCUT2D eigenvalue weighted by molar-refractivity contribution is -0.0937. The minimum atomic E-state index is -2.82. The zero-order chi connectivity index (χ0) is 11.8. The summed E-state index contributed by atoms with van der Waals surface area (Å²) in [6.45, 7) is 0.821. The van der Waals surface area contributed by atoms with Crippen molar-refractivity contribution in [2.75, 3.05) is 0 Å². The molecular formula is C10H11F2N3O. The predicted octanol–water partition coefficient (Wildman–Crippen LogP) is 1.45. The summed E-state index contributed by atoms with van der Waals surface area (Å²) in [7, 11) is 0.